The summed E-state index contributed by atoms with van der Waals surface area (Å²) in [4.78, 5) is 16.1. The smallest absolute Gasteiger partial charge is 0.317 e. The number of carboxylic acids is 1. The molecule has 2 aromatic carbocycles. The molecule has 0 saturated carbocycles. The zero-order valence-corrected chi connectivity index (χ0v) is 17.1. The Labute approximate surface area is 167 Å². The molecular weight excluding hydrogens is 378 g/mol. The Morgan fingerprint density at radius 3 is 2.78 bits per heavy atom. The van der Waals surface area contributed by atoms with Crippen molar-refractivity contribution in [1.29, 1.82) is 0 Å². The van der Waals surface area contributed by atoms with Crippen molar-refractivity contribution in [2.75, 3.05) is 6.61 Å². The molecule has 0 bridgehead atoms. The van der Waals surface area contributed by atoms with Crippen molar-refractivity contribution in [3.05, 3.63) is 53.6 Å². The third kappa shape index (κ3) is 5.47. The Morgan fingerprint density at radius 1 is 1.22 bits per heavy atom. The lowest BCUT2D eigenvalue weighted by Gasteiger charge is -2.12. The Bertz CT molecular complexity index is 890. The molecule has 142 valence electrons. The van der Waals surface area contributed by atoms with Gasteiger partial charge < -0.3 is 9.84 Å². The number of aliphatic carboxylic acids is 1. The number of thioether (sulfide) groups is 1. The van der Waals surface area contributed by atoms with Gasteiger partial charge in [-0.1, -0.05) is 41.6 Å². The summed E-state index contributed by atoms with van der Waals surface area (Å²) in [6.45, 7) is 4.70. The molecule has 1 unspecified atom stereocenters. The molecule has 0 amide bonds. The molecule has 0 fully saturated rings. The van der Waals surface area contributed by atoms with Crippen LogP contribution in [-0.2, 0) is 4.79 Å². The van der Waals surface area contributed by atoms with Crippen LogP contribution in [0.1, 0.15) is 30.4 Å². The fourth-order valence-corrected chi connectivity index (χ4v) is 5.12. The fourth-order valence-electron chi connectivity index (χ4n) is 2.83. The van der Waals surface area contributed by atoms with Crippen molar-refractivity contribution in [2.24, 2.45) is 0 Å². The number of aromatic nitrogens is 1. The molecule has 3 rings (SSSR count). The van der Waals surface area contributed by atoms with E-state index in [0.29, 0.717) is 13.0 Å². The molecule has 0 aliphatic rings. The second-order valence-corrected chi connectivity index (χ2v) is 8.99. The van der Waals surface area contributed by atoms with E-state index in [9.17, 15) is 9.90 Å². The van der Waals surface area contributed by atoms with Gasteiger partial charge in [0.25, 0.3) is 0 Å². The van der Waals surface area contributed by atoms with Crippen LogP contribution < -0.4 is 4.74 Å². The fraction of sp³-hybridized carbons (Fsp3) is 0.333. The minimum Gasteiger partial charge on any atom is -0.493 e. The molecule has 0 aliphatic heterocycles. The number of rotatable bonds is 9. The SMILES string of the molecule is Cc1ccc(OCCCCC(Sc2nc3ccccc3s2)C(=O)O)c(C)c1. The number of carboxylic acid groups (broad SMARTS) is 1. The van der Waals surface area contributed by atoms with Crippen LogP contribution in [0.15, 0.2) is 46.8 Å². The van der Waals surface area contributed by atoms with Crippen LogP contribution in [0.4, 0.5) is 0 Å². The second-order valence-electron chi connectivity index (χ2n) is 6.51. The number of hydrogen-bond donors (Lipinski definition) is 1. The molecule has 1 heterocycles. The molecule has 1 N–H and O–H groups in total. The molecule has 3 aromatic rings. The van der Waals surface area contributed by atoms with Gasteiger partial charge in [-0.15, -0.1) is 11.3 Å². The minimum absolute atomic E-state index is 0.480. The van der Waals surface area contributed by atoms with Gasteiger partial charge in [-0.2, -0.15) is 0 Å². The van der Waals surface area contributed by atoms with Gasteiger partial charge in [-0.05, 0) is 56.9 Å². The van der Waals surface area contributed by atoms with E-state index in [2.05, 4.69) is 18.0 Å². The first-order valence-electron chi connectivity index (χ1n) is 8.98. The molecule has 0 aliphatic carbocycles. The normalized spacial score (nSPS) is 12.2. The predicted molar refractivity (Wildman–Crippen MR) is 112 cm³/mol. The molecule has 1 aromatic heterocycles. The molecule has 27 heavy (non-hydrogen) atoms. The highest BCUT2D eigenvalue weighted by Crippen LogP contribution is 2.33. The van der Waals surface area contributed by atoms with Gasteiger partial charge in [0.05, 0.1) is 16.8 Å². The number of ether oxygens (including phenoxy) is 1. The van der Waals surface area contributed by atoms with E-state index in [-0.39, 0.29) is 0 Å². The van der Waals surface area contributed by atoms with E-state index in [1.54, 1.807) is 11.3 Å². The Hall–Kier alpha value is -2.05. The average molecular weight is 402 g/mol. The number of para-hydroxylation sites is 1. The lowest BCUT2D eigenvalue weighted by Crippen LogP contribution is -2.16. The number of nitrogens with zero attached hydrogens (tertiary/aromatic N) is 1. The maximum atomic E-state index is 11.6. The van der Waals surface area contributed by atoms with Gasteiger partial charge in [0.2, 0.25) is 0 Å². The van der Waals surface area contributed by atoms with Crippen LogP contribution in [0.2, 0.25) is 0 Å². The maximum Gasteiger partial charge on any atom is 0.317 e. The van der Waals surface area contributed by atoms with Crippen molar-refractivity contribution < 1.29 is 14.6 Å². The maximum absolute atomic E-state index is 11.6. The lowest BCUT2D eigenvalue weighted by atomic mass is 10.1. The Kier molecular flexibility index (Phi) is 6.74. The van der Waals surface area contributed by atoms with E-state index in [0.717, 1.165) is 38.7 Å². The first-order chi connectivity index (χ1) is 13.0. The van der Waals surface area contributed by atoms with Crippen molar-refractivity contribution in [2.45, 2.75) is 42.7 Å². The highest BCUT2D eigenvalue weighted by Gasteiger charge is 2.20. The van der Waals surface area contributed by atoms with Crippen LogP contribution >= 0.6 is 23.1 Å². The zero-order chi connectivity index (χ0) is 19.2. The summed E-state index contributed by atoms with van der Waals surface area (Å²) in [7, 11) is 0. The Balaban J connectivity index is 1.47. The predicted octanol–water partition coefficient (Wildman–Crippen LogP) is 5.71. The lowest BCUT2D eigenvalue weighted by molar-refractivity contribution is -0.136. The van der Waals surface area contributed by atoms with Gasteiger partial charge in [-0.3, -0.25) is 4.79 Å². The van der Waals surface area contributed by atoms with Crippen LogP contribution in [0, 0.1) is 13.8 Å². The van der Waals surface area contributed by atoms with E-state index < -0.39 is 11.2 Å². The van der Waals surface area contributed by atoms with Crippen LogP contribution in [0.3, 0.4) is 0 Å². The standard InChI is InChI=1S/C21H23NO3S2/c1-14-10-11-17(15(2)13-14)25-12-6-5-9-19(20(23)24)27-21-22-16-7-3-4-8-18(16)26-21/h3-4,7-8,10-11,13,19H,5-6,9,12H2,1-2H3,(H,23,24). The van der Waals surface area contributed by atoms with Crippen molar-refractivity contribution in [3.63, 3.8) is 0 Å². The summed E-state index contributed by atoms with van der Waals surface area (Å²) in [6, 6.07) is 14.0. The van der Waals surface area contributed by atoms with Gasteiger partial charge in [-0.25, -0.2) is 4.98 Å². The molecule has 4 nitrogen and oxygen atoms in total. The van der Waals surface area contributed by atoms with Crippen LogP contribution in [0.25, 0.3) is 10.2 Å². The van der Waals surface area contributed by atoms with Gasteiger partial charge in [0.1, 0.15) is 11.0 Å². The average Bonchev–Trinajstić information content (AvgIpc) is 3.04. The monoisotopic (exact) mass is 401 g/mol. The molecule has 1 atom stereocenters. The van der Waals surface area contributed by atoms with E-state index in [1.165, 1.54) is 17.3 Å². The van der Waals surface area contributed by atoms with E-state index >= 15 is 0 Å². The molecule has 0 radical (unpaired) electrons. The van der Waals surface area contributed by atoms with Crippen molar-refractivity contribution in [1.82, 2.24) is 4.98 Å². The molecule has 6 heteroatoms. The van der Waals surface area contributed by atoms with Crippen molar-refractivity contribution in [3.8, 4) is 5.75 Å². The summed E-state index contributed by atoms with van der Waals surface area (Å²) in [5.41, 5.74) is 3.27. The second kappa shape index (κ2) is 9.24. The Morgan fingerprint density at radius 2 is 2.04 bits per heavy atom. The van der Waals surface area contributed by atoms with Crippen molar-refractivity contribution >= 4 is 39.3 Å². The molecule has 0 spiro atoms. The topological polar surface area (TPSA) is 59.4 Å². The van der Waals surface area contributed by atoms with Crippen LogP contribution in [0.5, 0.6) is 5.75 Å². The largest absolute Gasteiger partial charge is 0.493 e. The summed E-state index contributed by atoms with van der Waals surface area (Å²) in [5, 5.41) is 9.05. The number of thiazole rings is 1. The number of hydrogen-bond acceptors (Lipinski definition) is 5. The molecular formula is C21H23NO3S2. The van der Waals surface area contributed by atoms with Gasteiger partial charge in [0, 0.05) is 0 Å². The number of unbranched alkanes of at least 4 members (excludes halogenated alkanes) is 1. The summed E-state index contributed by atoms with van der Waals surface area (Å²) in [6.07, 6.45) is 2.24. The molecule has 0 saturated heterocycles. The van der Waals surface area contributed by atoms with E-state index in [1.807, 2.05) is 43.3 Å². The number of fused-ring (bicyclic) bond motifs is 1. The zero-order valence-electron chi connectivity index (χ0n) is 15.5. The number of aryl methyl sites for hydroxylation is 2. The number of benzene rings is 2. The van der Waals surface area contributed by atoms with E-state index in [4.69, 9.17) is 4.74 Å². The summed E-state index contributed by atoms with van der Waals surface area (Å²) in [5.74, 6) is 0.119. The summed E-state index contributed by atoms with van der Waals surface area (Å²) < 4.78 is 7.73. The first-order valence-corrected chi connectivity index (χ1v) is 10.7. The minimum atomic E-state index is -0.783. The number of carbonyl (C=O) groups is 1. The van der Waals surface area contributed by atoms with Crippen LogP contribution in [-0.4, -0.2) is 27.9 Å². The highest BCUT2D eigenvalue weighted by atomic mass is 32.2. The van der Waals surface area contributed by atoms with Gasteiger partial charge >= 0.3 is 5.97 Å². The first kappa shape index (κ1) is 19.7. The van der Waals surface area contributed by atoms with Gasteiger partial charge in [0.15, 0.2) is 4.34 Å². The highest BCUT2D eigenvalue weighted by molar-refractivity contribution is 8.02. The quantitative estimate of drug-likeness (QED) is 0.368. The summed E-state index contributed by atoms with van der Waals surface area (Å²) >= 11 is 2.90. The third-order valence-electron chi connectivity index (χ3n) is 4.24. The third-order valence-corrected chi connectivity index (χ3v) is 6.63.